The van der Waals surface area contributed by atoms with E-state index in [-0.39, 0.29) is 0 Å². The Bertz CT molecular complexity index is 363. The Morgan fingerprint density at radius 2 is 1.83 bits per heavy atom. The molecule has 0 aromatic heterocycles. The second kappa shape index (κ2) is 5.85. The normalized spacial score (nSPS) is 19.9. The molecule has 0 amide bonds. The third-order valence-electron chi connectivity index (χ3n) is 4.80. The topological polar surface area (TPSA) is 38.0 Å². The molecule has 1 aromatic rings. The Morgan fingerprint density at radius 1 is 1.22 bits per heavy atom. The quantitative estimate of drug-likeness (QED) is 0.617. The summed E-state index contributed by atoms with van der Waals surface area (Å²) in [4.78, 5) is 0. The van der Waals surface area contributed by atoms with Gasteiger partial charge in [-0.1, -0.05) is 49.6 Å². The molecule has 18 heavy (non-hydrogen) atoms. The van der Waals surface area contributed by atoms with Crippen LogP contribution < -0.4 is 11.3 Å². The molecular weight excluding hydrogens is 220 g/mol. The van der Waals surface area contributed by atoms with E-state index in [4.69, 9.17) is 5.84 Å². The predicted octanol–water partition coefficient (Wildman–Crippen LogP) is 3.34. The van der Waals surface area contributed by atoms with Crippen LogP contribution in [0.2, 0.25) is 0 Å². The van der Waals surface area contributed by atoms with Gasteiger partial charge in [-0.2, -0.15) is 0 Å². The lowest BCUT2D eigenvalue weighted by atomic mass is 9.74. The molecule has 2 heteroatoms. The number of hydrogen-bond acceptors (Lipinski definition) is 2. The average Bonchev–Trinajstić information content (AvgIpc) is 2.88. The minimum Gasteiger partial charge on any atom is -0.271 e. The van der Waals surface area contributed by atoms with Gasteiger partial charge in [0.25, 0.3) is 0 Å². The van der Waals surface area contributed by atoms with Gasteiger partial charge in [0.2, 0.25) is 0 Å². The first kappa shape index (κ1) is 13.6. The van der Waals surface area contributed by atoms with Gasteiger partial charge in [-0.3, -0.25) is 11.3 Å². The summed E-state index contributed by atoms with van der Waals surface area (Å²) in [6.45, 7) is 4.44. The standard InChI is InChI=1S/C16H26N2/c1-3-16(10-4-5-11-16)15(18-17)12-14-8-6-13(2)7-9-14/h6-9,15,18H,3-5,10-12,17H2,1-2H3. The largest absolute Gasteiger partial charge is 0.271 e. The highest BCUT2D eigenvalue weighted by atomic mass is 15.2. The molecule has 1 unspecified atom stereocenters. The second-order valence-corrected chi connectivity index (χ2v) is 5.83. The first-order chi connectivity index (χ1) is 8.70. The maximum absolute atomic E-state index is 5.84. The fourth-order valence-electron chi connectivity index (χ4n) is 3.44. The molecule has 0 aliphatic heterocycles. The Labute approximate surface area is 111 Å². The van der Waals surface area contributed by atoms with Gasteiger partial charge in [-0.25, -0.2) is 0 Å². The van der Waals surface area contributed by atoms with Gasteiger partial charge in [0.1, 0.15) is 0 Å². The van der Waals surface area contributed by atoms with Crippen molar-refractivity contribution in [2.24, 2.45) is 11.3 Å². The van der Waals surface area contributed by atoms with E-state index in [0.717, 1.165) is 6.42 Å². The van der Waals surface area contributed by atoms with Crippen molar-refractivity contribution in [3.63, 3.8) is 0 Å². The zero-order valence-corrected chi connectivity index (χ0v) is 11.7. The highest BCUT2D eigenvalue weighted by Gasteiger charge is 2.39. The third kappa shape index (κ3) is 2.76. The van der Waals surface area contributed by atoms with Crippen molar-refractivity contribution in [1.29, 1.82) is 0 Å². The van der Waals surface area contributed by atoms with Crippen LogP contribution in [-0.2, 0) is 6.42 Å². The van der Waals surface area contributed by atoms with Crippen LogP contribution in [0.1, 0.15) is 50.2 Å². The van der Waals surface area contributed by atoms with Gasteiger partial charge < -0.3 is 0 Å². The van der Waals surface area contributed by atoms with Crippen molar-refractivity contribution in [1.82, 2.24) is 5.43 Å². The van der Waals surface area contributed by atoms with Crippen LogP contribution >= 0.6 is 0 Å². The number of aryl methyl sites for hydroxylation is 1. The van der Waals surface area contributed by atoms with Crippen LogP contribution in [0, 0.1) is 12.3 Å². The summed E-state index contributed by atoms with van der Waals surface area (Å²) in [5.41, 5.74) is 6.23. The molecule has 0 bridgehead atoms. The monoisotopic (exact) mass is 246 g/mol. The molecule has 2 rings (SSSR count). The van der Waals surface area contributed by atoms with Crippen LogP contribution in [0.4, 0.5) is 0 Å². The number of benzene rings is 1. The van der Waals surface area contributed by atoms with Crippen molar-refractivity contribution in [3.05, 3.63) is 35.4 Å². The lowest BCUT2D eigenvalue weighted by Gasteiger charge is -2.36. The number of hydrazine groups is 1. The minimum atomic E-state index is 0.410. The molecule has 1 aliphatic carbocycles. The maximum atomic E-state index is 5.84. The molecule has 0 saturated heterocycles. The van der Waals surface area contributed by atoms with Crippen molar-refractivity contribution < 1.29 is 0 Å². The lowest BCUT2D eigenvalue weighted by Crippen LogP contribution is -2.48. The minimum absolute atomic E-state index is 0.410. The van der Waals surface area contributed by atoms with E-state index < -0.39 is 0 Å². The summed E-state index contributed by atoms with van der Waals surface area (Å²) in [6.07, 6.45) is 7.65. The van der Waals surface area contributed by atoms with Crippen molar-refractivity contribution in [3.8, 4) is 0 Å². The van der Waals surface area contributed by atoms with Gasteiger partial charge in [0, 0.05) is 6.04 Å². The van der Waals surface area contributed by atoms with E-state index in [0.29, 0.717) is 11.5 Å². The summed E-state index contributed by atoms with van der Waals surface area (Å²) >= 11 is 0. The molecule has 0 heterocycles. The van der Waals surface area contributed by atoms with Crippen LogP contribution in [0.5, 0.6) is 0 Å². The Kier molecular flexibility index (Phi) is 4.41. The third-order valence-corrected chi connectivity index (χ3v) is 4.80. The summed E-state index contributed by atoms with van der Waals surface area (Å²) in [5.74, 6) is 5.84. The molecule has 1 saturated carbocycles. The fourth-order valence-corrected chi connectivity index (χ4v) is 3.44. The van der Waals surface area contributed by atoms with E-state index in [1.165, 1.54) is 43.2 Å². The van der Waals surface area contributed by atoms with Crippen molar-refractivity contribution >= 4 is 0 Å². The van der Waals surface area contributed by atoms with E-state index in [1.807, 2.05) is 0 Å². The van der Waals surface area contributed by atoms with E-state index in [9.17, 15) is 0 Å². The Morgan fingerprint density at radius 3 is 2.33 bits per heavy atom. The van der Waals surface area contributed by atoms with Gasteiger partial charge in [-0.15, -0.1) is 0 Å². The maximum Gasteiger partial charge on any atom is 0.0307 e. The average molecular weight is 246 g/mol. The highest BCUT2D eigenvalue weighted by molar-refractivity contribution is 5.22. The Balaban J connectivity index is 2.11. The number of nitrogens with one attached hydrogen (secondary N) is 1. The molecule has 0 spiro atoms. The highest BCUT2D eigenvalue weighted by Crippen LogP contribution is 2.44. The molecule has 3 N–H and O–H groups in total. The first-order valence-corrected chi connectivity index (χ1v) is 7.22. The van der Waals surface area contributed by atoms with E-state index in [1.54, 1.807) is 0 Å². The van der Waals surface area contributed by atoms with Crippen LogP contribution in [0.15, 0.2) is 24.3 Å². The number of hydrogen-bond donors (Lipinski definition) is 2. The SMILES string of the molecule is CCC1(C(Cc2ccc(C)cc2)NN)CCCC1. The summed E-state index contributed by atoms with van der Waals surface area (Å²) < 4.78 is 0. The molecule has 100 valence electrons. The molecule has 2 nitrogen and oxygen atoms in total. The second-order valence-electron chi connectivity index (χ2n) is 5.83. The summed E-state index contributed by atoms with van der Waals surface area (Å²) in [7, 11) is 0. The van der Waals surface area contributed by atoms with Crippen LogP contribution in [-0.4, -0.2) is 6.04 Å². The first-order valence-electron chi connectivity index (χ1n) is 7.22. The fraction of sp³-hybridized carbons (Fsp3) is 0.625. The van der Waals surface area contributed by atoms with Crippen LogP contribution in [0.25, 0.3) is 0 Å². The number of rotatable bonds is 5. The van der Waals surface area contributed by atoms with Gasteiger partial charge >= 0.3 is 0 Å². The molecule has 1 fully saturated rings. The zero-order chi connectivity index (χ0) is 13.0. The molecule has 1 atom stereocenters. The van der Waals surface area contributed by atoms with Crippen molar-refractivity contribution in [2.45, 2.75) is 58.4 Å². The van der Waals surface area contributed by atoms with Crippen molar-refractivity contribution in [2.75, 3.05) is 0 Å². The van der Waals surface area contributed by atoms with Gasteiger partial charge in [0.15, 0.2) is 0 Å². The smallest absolute Gasteiger partial charge is 0.0307 e. The molecule has 1 aliphatic rings. The van der Waals surface area contributed by atoms with Crippen LogP contribution in [0.3, 0.4) is 0 Å². The summed E-state index contributed by atoms with van der Waals surface area (Å²) in [6, 6.07) is 9.26. The molecular formula is C16H26N2. The van der Waals surface area contributed by atoms with Gasteiger partial charge in [0.05, 0.1) is 0 Å². The van der Waals surface area contributed by atoms with E-state index >= 15 is 0 Å². The molecule has 1 aromatic carbocycles. The molecule has 0 radical (unpaired) electrons. The zero-order valence-electron chi connectivity index (χ0n) is 11.7. The Hall–Kier alpha value is -0.860. The van der Waals surface area contributed by atoms with Gasteiger partial charge in [-0.05, 0) is 43.6 Å². The van der Waals surface area contributed by atoms with E-state index in [2.05, 4.69) is 43.5 Å². The number of nitrogens with two attached hydrogens (primary N) is 1. The lowest BCUT2D eigenvalue weighted by molar-refractivity contribution is 0.185. The summed E-state index contributed by atoms with van der Waals surface area (Å²) in [5, 5.41) is 0. The predicted molar refractivity (Wildman–Crippen MR) is 77.2 cm³/mol.